The van der Waals surface area contributed by atoms with Gasteiger partial charge in [0, 0.05) is 31.9 Å². The summed E-state index contributed by atoms with van der Waals surface area (Å²) in [4.78, 5) is 13.6. The Balaban J connectivity index is 2.45. The molecule has 2 aromatic carbocycles. The van der Waals surface area contributed by atoms with Gasteiger partial charge < -0.3 is 15.4 Å². The molecule has 0 saturated carbocycles. The average molecular weight is 353 g/mol. The molecule has 6 heteroatoms. The Morgan fingerprint density at radius 2 is 1.90 bits per heavy atom. The molecule has 0 aliphatic rings. The Labute approximate surface area is 130 Å². The van der Waals surface area contributed by atoms with Crippen LogP contribution in [0, 0.1) is 5.82 Å². The minimum absolute atomic E-state index is 0.225. The summed E-state index contributed by atoms with van der Waals surface area (Å²) in [5, 5.41) is 0. The molecule has 0 unspecified atom stereocenters. The second kappa shape index (κ2) is 6.13. The number of benzene rings is 2. The van der Waals surface area contributed by atoms with Gasteiger partial charge in [0.15, 0.2) is 0 Å². The predicted molar refractivity (Wildman–Crippen MR) is 83.0 cm³/mol. The maximum Gasteiger partial charge on any atom is 0.257 e. The second-order valence-electron chi connectivity index (χ2n) is 4.63. The molecular formula is C15H14BrFN2O2. The lowest BCUT2D eigenvalue weighted by atomic mass is 10.1. The van der Waals surface area contributed by atoms with Crippen molar-refractivity contribution in [1.29, 1.82) is 0 Å². The summed E-state index contributed by atoms with van der Waals surface area (Å²) in [5.41, 5.74) is 6.54. The van der Waals surface area contributed by atoms with E-state index < -0.39 is 5.82 Å². The van der Waals surface area contributed by atoms with Crippen LogP contribution >= 0.6 is 15.9 Å². The number of amides is 1. The van der Waals surface area contributed by atoms with Crippen LogP contribution in [-0.4, -0.2) is 24.9 Å². The number of anilines is 1. The summed E-state index contributed by atoms with van der Waals surface area (Å²) < 4.78 is 19.6. The third-order valence-corrected chi connectivity index (χ3v) is 3.41. The highest BCUT2D eigenvalue weighted by atomic mass is 79.9. The first-order valence-electron chi connectivity index (χ1n) is 6.12. The van der Waals surface area contributed by atoms with Crippen LogP contribution in [-0.2, 0) is 0 Å². The van der Waals surface area contributed by atoms with Crippen molar-refractivity contribution in [3.63, 3.8) is 0 Å². The van der Waals surface area contributed by atoms with Gasteiger partial charge in [-0.05, 0) is 40.2 Å². The molecule has 0 fully saturated rings. The first kappa shape index (κ1) is 15.3. The van der Waals surface area contributed by atoms with E-state index in [2.05, 4.69) is 15.9 Å². The molecule has 2 aromatic rings. The highest BCUT2D eigenvalue weighted by Crippen LogP contribution is 2.33. The largest absolute Gasteiger partial charge is 0.455 e. The van der Waals surface area contributed by atoms with Crippen LogP contribution in [0.3, 0.4) is 0 Å². The van der Waals surface area contributed by atoms with Crippen LogP contribution in [0.2, 0.25) is 0 Å². The average Bonchev–Trinajstić information content (AvgIpc) is 2.42. The fraction of sp³-hybridized carbons (Fsp3) is 0.133. The number of nitrogen functional groups attached to an aromatic ring is 1. The molecule has 0 radical (unpaired) electrons. The third-order valence-electron chi connectivity index (χ3n) is 2.76. The van der Waals surface area contributed by atoms with Crippen LogP contribution in [0.25, 0.3) is 0 Å². The Kier molecular flexibility index (Phi) is 4.47. The summed E-state index contributed by atoms with van der Waals surface area (Å²) in [6.45, 7) is 0. The Hall–Kier alpha value is -2.08. The molecule has 2 N–H and O–H groups in total. The zero-order valence-corrected chi connectivity index (χ0v) is 13.1. The van der Waals surface area contributed by atoms with E-state index in [1.165, 1.54) is 29.2 Å². The molecule has 21 heavy (non-hydrogen) atoms. The topological polar surface area (TPSA) is 55.6 Å². The number of rotatable bonds is 3. The molecule has 1 amide bonds. The van der Waals surface area contributed by atoms with Gasteiger partial charge >= 0.3 is 0 Å². The number of hydrogen-bond acceptors (Lipinski definition) is 3. The molecule has 0 atom stereocenters. The van der Waals surface area contributed by atoms with E-state index in [0.29, 0.717) is 15.7 Å². The van der Waals surface area contributed by atoms with Gasteiger partial charge in [-0.15, -0.1) is 0 Å². The molecule has 0 spiro atoms. The Morgan fingerprint density at radius 3 is 2.57 bits per heavy atom. The van der Waals surface area contributed by atoms with E-state index in [0.717, 1.165) is 0 Å². The standard InChI is InChI=1S/C15H14BrFN2O2/c1-19(2)15(20)11-5-4-10(18)8-13(11)21-14-7-9(17)3-6-12(14)16/h3-8H,18H2,1-2H3. The number of nitrogens with zero attached hydrogens (tertiary/aromatic N) is 1. The molecule has 2 rings (SSSR count). The van der Waals surface area contributed by atoms with Gasteiger partial charge in [0.2, 0.25) is 0 Å². The van der Waals surface area contributed by atoms with E-state index in [4.69, 9.17) is 10.5 Å². The number of nitrogens with two attached hydrogens (primary N) is 1. The number of ether oxygens (including phenoxy) is 1. The van der Waals surface area contributed by atoms with E-state index in [1.807, 2.05) is 0 Å². The molecule has 110 valence electrons. The van der Waals surface area contributed by atoms with Crippen molar-refractivity contribution in [2.24, 2.45) is 0 Å². The fourth-order valence-electron chi connectivity index (χ4n) is 1.71. The molecular weight excluding hydrogens is 339 g/mol. The molecule has 0 aliphatic carbocycles. The number of halogens is 2. The molecule has 0 heterocycles. The lowest BCUT2D eigenvalue weighted by molar-refractivity contribution is 0.0825. The fourth-order valence-corrected chi connectivity index (χ4v) is 2.04. The quantitative estimate of drug-likeness (QED) is 0.857. The maximum absolute atomic E-state index is 13.3. The van der Waals surface area contributed by atoms with Gasteiger partial charge in [-0.3, -0.25) is 4.79 Å². The van der Waals surface area contributed by atoms with Crippen LogP contribution in [0.4, 0.5) is 10.1 Å². The molecule has 0 aromatic heterocycles. The van der Waals surface area contributed by atoms with Crippen molar-refractivity contribution in [2.45, 2.75) is 0 Å². The minimum Gasteiger partial charge on any atom is -0.455 e. The number of carbonyl (C=O) groups is 1. The summed E-state index contributed by atoms with van der Waals surface area (Å²) in [5.74, 6) is -0.108. The van der Waals surface area contributed by atoms with E-state index >= 15 is 0 Å². The molecule has 4 nitrogen and oxygen atoms in total. The molecule has 0 saturated heterocycles. The van der Waals surface area contributed by atoms with Crippen molar-refractivity contribution in [3.05, 3.63) is 52.3 Å². The summed E-state index contributed by atoms with van der Waals surface area (Å²) in [7, 11) is 3.28. The van der Waals surface area contributed by atoms with Crippen LogP contribution in [0.1, 0.15) is 10.4 Å². The number of hydrogen-bond donors (Lipinski definition) is 1. The van der Waals surface area contributed by atoms with Gasteiger partial charge in [0.05, 0.1) is 10.0 Å². The third kappa shape index (κ3) is 3.52. The molecule has 0 aliphatic heterocycles. The zero-order chi connectivity index (χ0) is 15.6. The normalized spacial score (nSPS) is 10.3. The summed E-state index contributed by atoms with van der Waals surface area (Å²) >= 11 is 3.28. The summed E-state index contributed by atoms with van der Waals surface area (Å²) in [6, 6.07) is 8.81. The van der Waals surface area contributed by atoms with Gasteiger partial charge in [-0.25, -0.2) is 4.39 Å². The Morgan fingerprint density at radius 1 is 1.19 bits per heavy atom. The smallest absolute Gasteiger partial charge is 0.257 e. The lowest BCUT2D eigenvalue weighted by Crippen LogP contribution is -2.22. The van der Waals surface area contributed by atoms with E-state index in [-0.39, 0.29) is 17.4 Å². The number of carbonyl (C=O) groups excluding carboxylic acids is 1. The monoisotopic (exact) mass is 352 g/mol. The van der Waals surface area contributed by atoms with Crippen LogP contribution in [0.5, 0.6) is 11.5 Å². The zero-order valence-electron chi connectivity index (χ0n) is 11.6. The summed E-state index contributed by atoms with van der Waals surface area (Å²) in [6.07, 6.45) is 0. The van der Waals surface area contributed by atoms with Crippen molar-refractivity contribution in [2.75, 3.05) is 19.8 Å². The van der Waals surface area contributed by atoms with Crippen LogP contribution < -0.4 is 10.5 Å². The highest BCUT2D eigenvalue weighted by Gasteiger charge is 2.16. The second-order valence-corrected chi connectivity index (χ2v) is 5.49. The first-order chi connectivity index (χ1) is 9.88. The SMILES string of the molecule is CN(C)C(=O)c1ccc(N)cc1Oc1cc(F)ccc1Br. The van der Waals surface area contributed by atoms with Crippen molar-refractivity contribution >= 4 is 27.5 Å². The first-order valence-corrected chi connectivity index (χ1v) is 6.92. The van der Waals surface area contributed by atoms with Crippen molar-refractivity contribution in [1.82, 2.24) is 4.90 Å². The lowest BCUT2D eigenvalue weighted by Gasteiger charge is -2.16. The van der Waals surface area contributed by atoms with Gasteiger partial charge in [-0.2, -0.15) is 0 Å². The van der Waals surface area contributed by atoms with Crippen molar-refractivity contribution < 1.29 is 13.9 Å². The van der Waals surface area contributed by atoms with Crippen molar-refractivity contribution in [3.8, 4) is 11.5 Å². The van der Waals surface area contributed by atoms with Crippen LogP contribution in [0.15, 0.2) is 40.9 Å². The van der Waals surface area contributed by atoms with E-state index in [1.54, 1.807) is 26.2 Å². The predicted octanol–water partition coefficient (Wildman–Crippen LogP) is 3.66. The van der Waals surface area contributed by atoms with Gasteiger partial charge in [0.25, 0.3) is 5.91 Å². The van der Waals surface area contributed by atoms with Gasteiger partial charge in [-0.1, -0.05) is 0 Å². The Bertz CT molecular complexity index is 689. The minimum atomic E-state index is -0.433. The maximum atomic E-state index is 13.3. The molecule has 0 bridgehead atoms. The highest BCUT2D eigenvalue weighted by molar-refractivity contribution is 9.10. The van der Waals surface area contributed by atoms with E-state index in [9.17, 15) is 9.18 Å². The van der Waals surface area contributed by atoms with Gasteiger partial charge in [0.1, 0.15) is 17.3 Å².